The van der Waals surface area contributed by atoms with Gasteiger partial charge in [-0.3, -0.25) is 0 Å². The third-order valence-electron chi connectivity index (χ3n) is 2.01. The van der Waals surface area contributed by atoms with E-state index in [1.807, 2.05) is 6.26 Å². The Bertz CT molecular complexity index is 479. The highest BCUT2D eigenvalue weighted by Crippen LogP contribution is 2.25. The van der Waals surface area contributed by atoms with Crippen molar-refractivity contribution in [1.29, 1.82) is 0 Å². The number of hydrogen-bond donors (Lipinski definition) is 1. The van der Waals surface area contributed by atoms with Crippen LogP contribution < -0.4 is 5.32 Å². The van der Waals surface area contributed by atoms with Crippen molar-refractivity contribution in [2.45, 2.75) is 18.2 Å². The minimum Gasteiger partial charge on any atom is -0.462 e. The molecule has 20 heavy (non-hydrogen) atoms. The van der Waals surface area contributed by atoms with Gasteiger partial charge in [0.25, 0.3) is 0 Å². The molecule has 0 saturated heterocycles. The number of aromatic nitrogens is 1. The van der Waals surface area contributed by atoms with E-state index in [1.54, 1.807) is 20.0 Å². The summed E-state index contributed by atoms with van der Waals surface area (Å²) in [6, 6.07) is 0. The molecule has 1 aromatic heterocycles. The van der Waals surface area contributed by atoms with Gasteiger partial charge in [0.05, 0.1) is 19.4 Å². The second-order valence-electron chi connectivity index (χ2n) is 3.34. The van der Waals surface area contributed by atoms with E-state index in [2.05, 4.69) is 10.3 Å². The first kappa shape index (κ1) is 16.5. The van der Waals surface area contributed by atoms with E-state index in [4.69, 9.17) is 9.47 Å². The molecule has 0 bridgehead atoms. The summed E-state index contributed by atoms with van der Waals surface area (Å²) in [5.41, 5.74) is -0.173. The number of thioether (sulfide) groups is 1. The molecule has 1 rings (SSSR count). The normalized spacial score (nSPS) is 9.75. The van der Waals surface area contributed by atoms with Crippen molar-refractivity contribution >= 4 is 40.0 Å². The quantitative estimate of drug-likeness (QED) is 0.272. The zero-order valence-corrected chi connectivity index (χ0v) is 13.1. The fraction of sp³-hybridized carbons (Fsp3) is 0.417. The molecule has 0 fully saturated rings. The number of esters is 2. The maximum Gasteiger partial charge on any atom is 0.347 e. The van der Waals surface area contributed by atoms with Gasteiger partial charge in [-0.2, -0.15) is 0 Å². The van der Waals surface area contributed by atoms with E-state index in [-0.39, 0.29) is 18.8 Å². The number of ether oxygens (including phenoxy) is 2. The summed E-state index contributed by atoms with van der Waals surface area (Å²) in [5.74, 6) is -1.43. The summed E-state index contributed by atoms with van der Waals surface area (Å²) in [5, 5.41) is 3.58. The zero-order valence-electron chi connectivity index (χ0n) is 11.5. The largest absolute Gasteiger partial charge is 0.462 e. The minimum atomic E-state index is -0.715. The van der Waals surface area contributed by atoms with Crippen molar-refractivity contribution in [1.82, 2.24) is 4.98 Å². The third-order valence-corrected chi connectivity index (χ3v) is 3.94. The lowest BCUT2D eigenvalue weighted by Crippen LogP contribution is -2.19. The van der Waals surface area contributed by atoms with Crippen molar-refractivity contribution in [3.8, 4) is 0 Å². The van der Waals surface area contributed by atoms with Gasteiger partial charge in [-0.25, -0.2) is 14.6 Å². The Morgan fingerprint density at radius 3 is 2.40 bits per heavy atom. The lowest BCUT2D eigenvalue weighted by atomic mass is 10.3. The topological polar surface area (TPSA) is 77.5 Å². The van der Waals surface area contributed by atoms with Crippen LogP contribution in [-0.4, -0.2) is 36.4 Å². The van der Waals surface area contributed by atoms with Crippen molar-refractivity contribution in [2.75, 3.05) is 24.8 Å². The van der Waals surface area contributed by atoms with Gasteiger partial charge < -0.3 is 14.8 Å². The number of anilines is 1. The van der Waals surface area contributed by atoms with Crippen LogP contribution in [0.2, 0.25) is 0 Å². The second-order valence-corrected chi connectivity index (χ2v) is 5.42. The molecule has 110 valence electrons. The highest BCUT2D eigenvalue weighted by Gasteiger charge is 2.21. The predicted octanol–water partition coefficient (Wildman–Crippen LogP) is 2.29. The molecule has 0 saturated carbocycles. The van der Waals surface area contributed by atoms with Gasteiger partial charge in [-0.05, 0) is 20.1 Å². The van der Waals surface area contributed by atoms with E-state index in [0.29, 0.717) is 0 Å². The Morgan fingerprint density at radius 1 is 1.35 bits per heavy atom. The van der Waals surface area contributed by atoms with Crippen LogP contribution in [0.15, 0.2) is 22.3 Å². The molecule has 0 aliphatic rings. The Hall–Kier alpha value is -1.54. The van der Waals surface area contributed by atoms with Crippen LogP contribution in [-0.2, 0) is 19.1 Å². The fourth-order valence-corrected chi connectivity index (χ4v) is 2.46. The Morgan fingerprint density at radius 2 is 1.95 bits per heavy atom. The van der Waals surface area contributed by atoms with Crippen LogP contribution in [0.3, 0.4) is 0 Å². The lowest BCUT2D eigenvalue weighted by Gasteiger charge is -2.06. The number of carbonyl (C=O) groups excluding carboxylic acids is 2. The Kier molecular flexibility index (Phi) is 7.10. The predicted molar refractivity (Wildman–Crippen MR) is 78.9 cm³/mol. The summed E-state index contributed by atoms with van der Waals surface area (Å²) in [6.07, 6.45) is 4.83. The van der Waals surface area contributed by atoms with Gasteiger partial charge in [0.15, 0.2) is 9.91 Å². The average molecular weight is 316 g/mol. The van der Waals surface area contributed by atoms with Crippen LogP contribution in [0.4, 0.5) is 5.00 Å². The van der Waals surface area contributed by atoms with Gasteiger partial charge in [0.2, 0.25) is 0 Å². The van der Waals surface area contributed by atoms with Crippen molar-refractivity contribution < 1.29 is 19.1 Å². The van der Waals surface area contributed by atoms with E-state index in [0.717, 1.165) is 9.34 Å². The minimum absolute atomic E-state index is 0.173. The summed E-state index contributed by atoms with van der Waals surface area (Å²) in [4.78, 5) is 27.5. The Balaban J connectivity index is 2.83. The van der Waals surface area contributed by atoms with E-state index >= 15 is 0 Å². The average Bonchev–Trinajstić information content (AvgIpc) is 2.87. The van der Waals surface area contributed by atoms with Gasteiger partial charge in [-0.15, -0.1) is 0 Å². The first-order valence-corrected chi connectivity index (χ1v) is 7.97. The Labute approximate surface area is 125 Å². The maximum atomic E-state index is 11.7. The van der Waals surface area contributed by atoms with Gasteiger partial charge in [-0.1, -0.05) is 23.1 Å². The van der Waals surface area contributed by atoms with Crippen molar-refractivity contribution in [3.05, 3.63) is 18.0 Å². The van der Waals surface area contributed by atoms with Crippen LogP contribution in [0, 0.1) is 0 Å². The molecule has 1 aromatic rings. The highest BCUT2D eigenvalue weighted by molar-refractivity contribution is 8.00. The molecular weight excluding hydrogens is 300 g/mol. The number of nitrogens with one attached hydrogen (secondary N) is 1. The molecular formula is C12H16N2O4S2. The summed E-state index contributed by atoms with van der Waals surface area (Å²) in [6.45, 7) is 3.71. The monoisotopic (exact) mass is 316 g/mol. The van der Waals surface area contributed by atoms with Crippen LogP contribution in [0.5, 0.6) is 0 Å². The number of thiazole rings is 1. The van der Waals surface area contributed by atoms with Gasteiger partial charge in [0.1, 0.15) is 5.00 Å². The van der Waals surface area contributed by atoms with E-state index < -0.39 is 11.9 Å². The number of carbonyl (C=O) groups is 2. The standard InChI is InChI=1S/C12H16N2O4S2/c1-4-17-10(15)8(11(16)18-5-2)6-13-9-7-14-12(19-3)20-9/h6-7,13H,4-5H2,1-3H3. The summed E-state index contributed by atoms with van der Waals surface area (Å²) in [7, 11) is 0. The molecule has 1 heterocycles. The molecule has 0 aromatic carbocycles. The van der Waals surface area contributed by atoms with Crippen molar-refractivity contribution in [2.24, 2.45) is 0 Å². The molecule has 8 heteroatoms. The molecule has 0 spiro atoms. The highest BCUT2D eigenvalue weighted by atomic mass is 32.2. The van der Waals surface area contributed by atoms with Crippen LogP contribution >= 0.6 is 23.1 Å². The van der Waals surface area contributed by atoms with Crippen LogP contribution in [0.1, 0.15) is 13.8 Å². The summed E-state index contributed by atoms with van der Waals surface area (Å²) >= 11 is 2.93. The fourth-order valence-electron chi connectivity index (χ4n) is 1.18. The number of hydrogen-bond acceptors (Lipinski definition) is 8. The van der Waals surface area contributed by atoms with Gasteiger partial charge in [0, 0.05) is 6.20 Å². The first-order valence-electron chi connectivity index (χ1n) is 5.93. The number of nitrogens with zero attached hydrogens (tertiary/aromatic N) is 1. The summed E-state index contributed by atoms with van der Waals surface area (Å²) < 4.78 is 10.5. The third kappa shape index (κ3) is 4.86. The molecule has 6 nitrogen and oxygen atoms in total. The molecule has 1 N–H and O–H groups in total. The molecule has 0 unspecified atom stereocenters. The SMILES string of the molecule is CCOC(=O)C(=CNc1cnc(SC)s1)C(=O)OCC. The van der Waals surface area contributed by atoms with Crippen LogP contribution in [0.25, 0.3) is 0 Å². The van der Waals surface area contributed by atoms with Crippen molar-refractivity contribution in [3.63, 3.8) is 0 Å². The van der Waals surface area contributed by atoms with Gasteiger partial charge >= 0.3 is 11.9 Å². The molecule has 0 aliphatic heterocycles. The first-order chi connectivity index (χ1) is 9.62. The molecule has 0 aliphatic carbocycles. The smallest absolute Gasteiger partial charge is 0.347 e. The maximum absolute atomic E-state index is 11.7. The zero-order chi connectivity index (χ0) is 15.0. The van der Waals surface area contributed by atoms with E-state index in [1.165, 1.54) is 29.3 Å². The number of rotatable bonds is 7. The molecule has 0 amide bonds. The lowest BCUT2D eigenvalue weighted by molar-refractivity contribution is -0.146. The molecule has 0 radical (unpaired) electrons. The second kappa shape index (κ2) is 8.60. The van der Waals surface area contributed by atoms with E-state index in [9.17, 15) is 9.59 Å². The molecule has 0 atom stereocenters.